The van der Waals surface area contributed by atoms with Crippen molar-refractivity contribution < 1.29 is 19.1 Å². The Morgan fingerprint density at radius 3 is 2.48 bits per heavy atom. The lowest BCUT2D eigenvalue weighted by molar-refractivity contribution is -0.118. The summed E-state index contributed by atoms with van der Waals surface area (Å²) in [5.41, 5.74) is 1.89. The minimum absolute atomic E-state index is 0.0831. The van der Waals surface area contributed by atoms with Gasteiger partial charge in [-0.3, -0.25) is 4.79 Å². The number of hydrogen-bond donors (Lipinski definition) is 1. The Hall–Kier alpha value is -2.82. The summed E-state index contributed by atoms with van der Waals surface area (Å²) in [4.78, 5) is 24.2. The van der Waals surface area contributed by atoms with Crippen LogP contribution < -0.4 is 10.1 Å². The number of nitrogens with one attached hydrogen (secondary N) is 1. The Balaban J connectivity index is 1.98. The Bertz CT molecular complexity index is 793. The van der Waals surface area contributed by atoms with Crippen molar-refractivity contribution in [3.8, 4) is 5.75 Å². The molecule has 2 rings (SSSR count). The zero-order chi connectivity index (χ0) is 19.9. The van der Waals surface area contributed by atoms with Crippen molar-refractivity contribution in [2.24, 2.45) is 0 Å². The zero-order valence-electron chi connectivity index (χ0n) is 16.4. The van der Waals surface area contributed by atoms with Crippen LogP contribution in [0, 0.1) is 0 Å². The van der Waals surface area contributed by atoms with E-state index in [2.05, 4.69) is 26.1 Å². The van der Waals surface area contributed by atoms with Crippen LogP contribution in [0.4, 0.5) is 5.69 Å². The van der Waals surface area contributed by atoms with Crippen LogP contribution >= 0.6 is 0 Å². The molecule has 1 amide bonds. The average Bonchev–Trinajstić information content (AvgIpc) is 2.64. The van der Waals surface area contributed by atoms with Crippen molar-refractivity contribution >= 4 is 17.6 Å². The fourth-order valence-electron chi connectivity index (χ4n) is 2.55. The minimum Gasteiger partial charge on any atom is -0.483 e. The molecule has 0 saturated carbocycles. The fourth-order valence-corrected chi connectivity index (χ4v) is 2.55. The van der Waals surface area contributed by atoms with Gasteiger partial charge in [-0.25, -0.2) is 4.79 Å². The number of ether oxygens (including phenoxy) is 2. The monoisotopic (exact) mass is 369 g/mol. The molecule has 0 bridgehead atoms. The van der Waals surface area contributed by atoms with E-state index in [-0.39, 0.29) is 17.9 Å². The molecule has 0 spiro atoms. The molecule has 27 heavy (non-hydrogen) atoms. The number of rotatable bonds is 7. The minimum atomic E-state index is -0.400. The number of para-hydroxylation sites is 1. The molecule has 0 aromatic heterocycles. The summed E-state index contributed by atoms with van der Waals surface area (Å²) < 4.78 is 10.8. The van der Waals surface area contributed by atoms with E-state index >= 15 is 0 Å². The van der Waals surface area contributed by atoms with Crippen molar-refractivity contribution in [3.05, 3.63) is 59.7 Å². The smallest absolute Gasteiger partial charge is 0.338 e. The molecule has 1 N–H and O–H groups in total. The Labute approximate surface area is 160 Å². The van der Waals surface area contributed by atoms with Crippen molar-refractivity contribution in [1.82, 2.24) is 0 Å². The highest BCUT2D eigenvalue weighted by atomic mass is 16.5. The Morgan fingerprint density at radius 1 is 1.04 bits per heavy atom. The number of carbonyl (C=O) groups excluding carboxylic acids is 2. The fraction of sp³-hybridized carbons (Fsp3) is 0.364. The maximum Gasteiger partial charge on any atom is 0.338 e. The van der Waals surface area contributed by atoms with E-state index in [1.165, 1.54) is 0 Å². The van der Waals surface area contributed by atoms with Crippen LogP contribution in [0.5, 0.6) is 5.75 Å². The topological polar surface area (TPSA) is 64.6 Å². The van der Waals surface area contributed by atoms with Gasteiger partial charge in [-0.2, -0.15) is 0 Å². The maximum absolute atomic E-state index is 12.2. The molecule has 0 fully saturated rings. The van der Waals surface area contributed by atoms with E-state index < -0.39 is 5.97 Å². The van der Waals surface area contributed by atoms with E-state index in [0.29, 0.717) is 23.6 Å². The van der Waals surface area contributed by atoms with E-state index in [0.717, 1.165) is 12.0 Å². The second kappa shape index (κ2) is 9.21. The Kier molecular flexibility index (Phi) is 6.99. The molecule has 0 heterocycles. The first-order valence-corrected chi connectivity index (χ1v) is 9.10. The molecule has 0 radical (unpaired) electrons. The first-order chi connectivity index (χ1) is 12.8. The number of benzene rings is 2. The quantitative estimate of drug-likeness (QED) is 0.726. The third-order valence-electron chi connectivity index (χ3n) is 3.87. The van der Waals surface area contributed by atoms with Crippen LogP contribution in [0.2, 0.25) is 0 Å². The summed E-state index contributed by atoms with van der Waals surface area (Å²) in [5, 5.41) is 2.75. The van der Waals surface area contributed by atoms with Gasteiger partial charge in [-0.05, 0) is 41.7 Å². The highest BCUT2D eigenvalue weighted by Crippen LogP contribution is 2.30. The summed E-state index contributed by atoms with van der Waals surface area (Å²) in [6, 6.07) is 14.4. The number of anilines is 1. The van der Waals surface area contributed by atoms with Crippen LogP contribution in [0.1, 0.15) is 50.0 Å². The molecule has 2 aromatic rings. The zero-order valence-corrected chi connectivity index (χ0v) is 16.4. The number of esters is 1. The van der Waals surface area contributed by atoms with Crippen LogP contribution in [0.15, 0.2) is 48.5 Å². The predicted molar refractivity (Wildman–Crippen MR) is 106 cm³/mol. The SMILES string of the molecule is CCCOC(=O)c1cccc(NC(=O)COc2ccccc2C(C)(C)C)c1. The second-order valence-corrected chi connectivity index (χ2v) is 7.30. The molecular formula is C22H27NO4. The van der Waals surface area contributed by atoms with Crippen molar-refractivity contribution in [3.63, 3.8) is 0 Å². The lowest BCUT2D eigenvalue weighted by Crippen LogP contribution is -2.22. The number of hydrogen-bond acceptors (Lipinski definition) is 4. The highest BCUT2D eigenvalue weighted by Gasteiger charge is 2.19. The van der Waals surface area contributed by atoms with Gasteiger partial charge in [0.2, 0.25) is 0 Å². The van der Waals surface area contributed by atoms with Crippen LogP contribution in [-0.4, -0.2) is 25.1 Å². The Morgan fingerprint density at radius 2 is 1.78 bits per heavy atom. The standard InChI is InChI=1S/C22H27NO4/c1-5-13-26-21(25)16-9-8-10-17(14-16)23-20(24)15-27-19-12-7-6-11-18(19)22(2,3)4/h6-12,14H,5,13,15H2,1-4H3,(H,23,24). The number of carbonyl (C=O) groups is 2. The molecule has 0 atom stereocenters. The predicted octanol–water partition coefficient (Wildman–Crippen LogP) is 4.57. The first kappa shape index (κ1) is 20.5. The van der Waals surface area contributed by atoms with Gasteiger partial charge < -0.3 is 14.8 Å². The van der Waals surface area contributed by atoms with Crippen molar-refractivity contribution in [2.75, 3.05) is 18.5 Å². The highest BCUT2D eigenvalue weighted by molar-refractivity contribution is 5.95. The van der Waals surface area contributed by atoms with Crippen molar-refractivity contribution in [2.45, 2.75) is 39.5 Å². The maximum atomic E-state index is 12.2. The second-order valence-electron chi connectivity index (χ2n) is 7.30. The van der Waals surface area contributed by atoms with Gasteiger partial charge in [0.15, 0.2) is 6.61 Å². The van der Waals surface area contributed by atoms with Crippen LogP contribution in [0.3, 0.4) is 0 Å². The van der Waals surface area contributed by atoms with E-state index in [9.17, 15) is 9.59 Å². The normalized spacial score (nSPS) is 11.0. The lowest BCUT2D eigenvalue weighted by Gasteiger charge is -2.22. The summed E-state index contributed by atoms with van der Waals surface area (Å²) >= 11 is 0. The van der Waals surface area contributed by atoms with Gasteiger partial charge in [0.05, 0.1) is 12.2 Å². The molecule has 0 aliphatic carbocycles. The van der Waals surface area contributed by atoms with Gasteiger partial charge in [0.25, 0.3) is 5.91 Å². The van der Waals surface area contributed by atoms with Crippen LogP contribution in [-0.2, 0) is 14.9 Å². The lowest BCUT2D eigenvalue weighted by atomic mass is 9.86. The molecule has 144 valence electrons. The number of amides is 1. The van der Waals surface area contributed by atoms with E-state index in [4.69, 9.17) is 9.47 Å². The molecule has 2 aromatic carbocycles. The van der Waals surface area contributed by atoms with Crippen LogP contribution in [0.25, 0.3) is 0 Å². The van der Waals surface area contributed by atoms with Gasteiger partial charge >= 0.3 is 5.97 Å². The summed E-state index contributed by atoms with van der Waals surface area (Å²) in [6.07, 6.45) is 0.759. The van der Waals surface area contributed by atoms with Gasteiger partial charge in [-0.15, -0.1) is 0 Å². The summed E-state index contributed by atoms with van der Waals surface area (Å²) in [5.74, 6) is -0.00173. The van der Waals surface area contributed by atoms with Gasteiger partial charge in [0, 0.05) is 5.69 Å². The third-order valence-corrected chi connectivity index (χ3v) is 3.87. The average molecular weight is 369 g/mol. The molecule has 5 heteroatoms. The molecule has 5 nitrogen and oxygen atoms in total. The molecule has 0 aliphatic rings. The summed E-state index contributed by atoms with van der Waals surface area (Å²) in [7, 11) is 0. The van der Waals surface area contributed by atoms with Gasteiger partial charge in [0.1, 0.15) is 5.75 Å². The first-order valence-electron chi connectivity index (χ1n) is 9.10. The molecule has 0 unspecified atom stereocenters. The molecule has 0 saturated heterocycles. The summed E-state index contributed by atoms with van der Waals surface area (Å²) in [6.45, 7) is 8.48. The van der Waals surface area contributed by atoms with E-state index in [1.54, 1.807) is 24.3 Å². The van der Waals surface area contributed by atoms with Crippen molar-refractivity contribution in [1.29, 1.82) is 0 Å². The molecular weight excluding hydrogens is 342 g/mol. The molecule has 0 aliphatic heterocycles. The van der Waals surface area contributed by atoms with Gasteiger partial charge in [-0.1, -0.05) is 52.0 Å². The largest absolute Gasteiger partial charge is 0.483 e. The van der Waals surface area contributed by atoms with E-state index in [1.807, 2.05) is 31.2 Å². The third kappa shape index (κ3) is 6.13.